The maximum absolute atomic E-state index is 12.2. The van der Waals surface area contributed by atoms with E-state index in [2.05, 4.69) is 27.3 Å². The van der Waals surface area contributed by atoms with Crippen LogP contribution in [0, 0.1) is 5.92 Å². The van der Waals surface area contributed by atoms with Crippen molar-refractivity contribution in [3.05, 3.63) is 24.3 Å². The second-order valence-corrected chi connectivity index (χ2v) is 5.41. The normalized spacial score (nSPS) is 18.9. The van der Waals surface area contributed by atoms with Crippen molar-refractivity contribution in [2.45, 2.75) is 32.7 Å². The average Bonchev–Trinajstić information content (AvgIpc) is 2.95. The van der Waals surface area contributed by atoms with Gasteiger partial charge in [-0.1, -0.05) is 13.3 Å². The number of nitrogens with zero attached hydrogens (tertiary/aromatic N) is 5. The topological polar surface area (TPSA) is 75.4 Å². The summed E-state index contributed by atoms with van der Waals surface area (Å²) in [6.45, 7) is 4.19. The molecule has 0 aromatic carbocycles. The highest BCUT2D eigenvalue weighted by molar-refractivity contribution is 5.74. The minimum absolute atomic E-state index is 0.0278. The van der Waals surface area contributed by atoms with Crippen molar-refractivity contribution in [2.24, 2.45) is 5.92 Å². The zero-order valence-electron chi connectivity index (χ0n) is 12.2. The van der Waals surface area contributed by atoms with E-state index in [-0.39, 0.29) is 6.03 Å². The molecule has 7 nitrogen and oxygen atoms in total. The smallest absolute Gasteiger partial charge is 0.317 e. The maximum Gasteiger partial charge on any atom is 0.317 e. The predicted octanol–water partition coefficient (Wildman–Crippen LogP) is 1.46. The third-order valence-corrected chi connectivity index (χ3v) is 3.94. The van der Waals surface area contributed by atoms with Crippen molar-refractivity contribution in [2.75, 3.05) is 13.1 Å². The molecule has 1 aliphatic heterocycles. The van der Waals surface area contributed by atoms with Gasteiger partial charge in [0.25, 0.3) is 5.78 Å². The summed E-state index contributed by atoms with van der Waals surface area (Å²) in [6, 6.07) is 1.77. The number of nitrogens with one attached hydrogen (secondary N) is 1. The SMILES string of the molecule is CCC1CCCN(C(=O)NCc2nc3ncccn3n2)C1. The van der Waals surface area contributed by atoms with Crippen molar-refractivity contribution in [1.82, 2.24) is 29.8 Å². The molecule has 0 bridgehead atoms. The van der Waals surface area contributed by atoms with Gasteiger partial charge < -0.3 is 10.2 Å². The molecule has 0 saturated carbocycles. The second kappa shape index (κ2) is 6.07. The Balaban J connectivity index is 1.57. The molecule has 1 aliphatic rings. The number of hydrogen-bond acceptors (Lipinski definition) is 4. The van der Waals surface area contributed by atoms with Crippen molar-refractivity contribution in [3.63, 3.8) is 0 Å². The zero-order valence-corrected chi connectivity index (χ0v) is 12.2. The molecule has 112 valence electrons. The van der Waals surface area contributed by atoms with Gasteiger partial charge in [0, 0.05) is 25.5 Å². The number of piperidine rings is 1. The van der Waals surface area contributed by atoms with Crippen LogP contribution in [-0.2, 0) is 6.54 Å². The Hall–Kier alpha value is -2.18. The Kier molecular flexibility index (Phi) is 3.98. The first-order valence-electron chi connectivity index (χ1n) is 7.45. The molecule has 2 amide bonds. The van der Waals surface area contributed by atoms with Crippen molar-refractivity contribution >= 4 is 11.8 Å². The van der Waals surface area contributed by atoms with Gasteiger partial charge in [-0.05, 0) is 24.8 Å². The van der Waals surface area contributed by atoms with Gasteiger partial charge in [0.2, 0.25) is 0 Å². The highest BCUT2D eigenvalue weighted by atomic mass is 16.2. The van der Waals surface area contributed by atoms with Gasteiger partial charge in [-0.15, -0.1) is 5.10 Å². The van der Waals surface area contributed by atoms with E-state index in [9.17, 15) is 4.79 Å². The number of carbonyl (C=O) groups excluding carboxylic acids is 1. The highest BCUT2D eigenvalue weighted by Gasteiger charge is 2.22. The first kappa shape index (κ1) is 13.8. The fraction of sp³-hybridized carbons (Fsp3) is 0.571. The van der Waals surface area contributed by atoms with Gasteiger partial charge in [-0.2, -0.15) is 4.98 Å². The van der Waals surface area contributed by atoms with Crippen molar-refractivity contribution in [1.29, 1.82) is 0 Å². The van der Waals surface area contributed by atoms with Crippen LogP contribution in [0.2, 0.25) is 0 Å². The molecule has 0 radical (unpaired) electrons. The minimum atomic E-state index is -0.0278. The summed E-state index contributed by atoms with van der Waals surface area (Å²) in [5, 5.41) is 7.17. The summed E-state index contributed by atoms with van der Waals surface area (Å²) < 4.78 is 1.61. The number of aromatic nitrogens is 4. The van der Waals surface area contributed by atoms with Gasteiger partial charge in [0.05, 0.1) is 6.54 Å². The van der Waals surface area contributed by atoms with Crippen LogP contribution in [0.15, 0.2) is 18.5 Å². The molecule has 0 spiro atoms. The Morgan fingerprint density at radius 1 is 1.52 bits per heavy atom. The van der Waals surface area contributed by atoms with Gasteiger partial charge >= 0.3 is 6.03 Å². The van der Waals surface area contributed by atoms with Gasteiger partial charge in [-0.3, -0.25) is 0 Å². The Labute approximate surface area is 123 Å². The van der Waals surface area contributed by atoms with Crippen LogP contribution in [0.5, 0.6) is 0 Å². The van der Waals surface area contributed by atoms with Gasteiger partial charge in [0.1, 0.15) is 0 Å². The number of likely N-dealkylation sites (tertiary alicyclic amines) is 1. The van der Waals surface area contributed by atoms with Crippen molar-refractivity contribution in [3.8, 4) is 0 Å². The number of carbonyl (C=O) groups is 1. The van der Waals surface area contributed by atoms with Crippen LogP contribution in [0.1, 0.15) is 32.0 Å². The molecule has 0 aliphatic carbocycles. The molecule has 7 heteroatoms. The lowest BCUT2D eigenvalue weighted by atomic mass is 9.96. The molecule has 1 N–H and O–H groups in total. The van der Waals surface area contributed by atoms with E-state index in [1.54, 1.807) is 23.0 Å². The molecule has 1 unspecified atom stereocenters. The fourth-order valence-electron chi connectivity index (χ4n) is 2.70. The number of rotatable bonds is 3. The predicted molar refractivity (Wildman–Crippen MR) is 77.6 cm³/mol. The Morgan fingerprint density at radius 3 is 3.24 bits per heavy atom. The van der Waals surface area contributed by atoms with E-state index in [0.29, 0.717) is 24.1 Å². The summed E-state index contributed by atoms with van der Waals surface area (Å²) in [5.74, 6) is 1.75. The third-order valence-electron chi connectivity index (χ3n) is 3.94. The van der Waals surface area contributed by atoms with E-state index in [1.807, 2.05) is 4.90 Å². The number of hydrogen-bond donors (Lipinski definition) is 1. The van der Waals surface area contributed by atoms with Crippen molar-refractivity contribution < 1.29 is 4.79 Å². The number of fused-ring (bicyclic) bond motifs is 1. The highest BCUT2D eigenvalue weighted by Crippen LogP contribution is 2.18. The molecule has 1 fully saturated rings. The molecule has 3 heterocycles. The molecule has 1 saturated heterocycles. The van der Waals surface area contributed by atoms with Gasteiger partial charge in [-0.25, -0.2) is 14.3 Å². The van der Waals surface area contributed by atoms with Crippen LogP contribution in [0.4, 0.5) is 4.79 Å². The largest absolute Gasteiger partial charge is 0.331 e. The first-order valence-corrected chi connectivity index (χ1v) is 7.45. The second-order valence-electron chi connectivity index (χ2n) is 5.41. The van der Waals surface area contributed by atoms with E-state index < -0.39 is 0 Å². The molecular weight excluding hydrogens is 268 g/mol. The van der Waals surface area contributed by atoms with Crippen LogP contribution >= 0.6 is 0 Å². The molecular formula is C14H20N6O. The average molecular weight is 288 g/mol. The lowest BCUT2D eigenvalue weighted by Gasteiger charge is -2.32. The molecule has 1 atom stereocenters. The Morgan fingerprint density at radius 2 is 2.43 bits per heavy atom. The number of urea groups is 1. The van der Waals surface area contributed by atoms with E-state index in [0.717, 1.165) is 25.9 Å². The number of amides is 2. The van der Waals surface area contributed by atoms with Crippen LogP contribution in [0.25, 0.3) is 5.78 Å². The fourth-order valence-corrected chi connectivity index (χ4v) is 2.70. The summed E-state index contributed by atoms with van der Waals surface area (Å²) in [4.78, 5) is 22.5. The quantitative estimate of drug-likeness (QED) is 0.927. The standard InChI is InChI=1S/C14H20N6O/c1-2-11-5-3-7-19(10-11)14(21)16-9-12-17-13-15-6-4-8-20(13)18-12/h4,6,8,11H,2-3,5,7,9-10H2,1H3,(H,16,21). The van der Waals surface area contributed by atoms with E-state index >= 15 is 0 Å². The van der Waals surface area contributed by atoms with Gasteiger partial charge in [0.15, 0.2) is 5.82 Å². The summed E-state index contributed by atoms with van der Waals surface area (Å²) in [7, 11) is 0. The molecule has 21 heavy (non-hydrogen) atoms. The van der Waals surface area contributed by atoms with Crippen LogP contribution < -0.4 is 5.32 Å². The Bertz CT molecular complexity index is 592. The summed E-state index contributed by atoms with van der Waals surface area (Å²) in [6.07, 6.45) is 6.90. The minimum Gasteiger partial charge on any atom is -0.331 e. The summed E-state index contributed by atoms with van der Waals surface area (Å²) in [5.41, 5.74) is 0. The van der Waals surface area contributed by atoms with E-state index in [1.165, 1.54) is 6.42 Å². The first-order chi connectivity index (χ1) is 10.3. The lowest BCUT2D eigenvalue weighted by molar-refractivity contribution is 0.163. The lowest BCUT2D eigenvalue weighted by Crippen LogP contribution is -2.45. The molecule has 2 aromatic heterocycles. The maximum atomic E-state index is 12.2. The van der Waals surface area contributed by atoms with E-state index in [4.69, 9.17) is 0 Å². The summed E-state index contributed by atoms with van der Waals surface area (Å²) >= 11 is 0. The molecule has 3 rings (SSSR count). The monoisotopic (exact) mass is 288 g/mol. The zero-order chi connectivity index (χ0) is 14.7. The molecule has 2 aromatic rings. The third kappa shape index (κ3) is 3.12. The van der Waals surface area contributed by atoms with Crippen LogP contribution in [0.3, 0.4) is 0 Å². The van der Waals surface area contributed by atoms with Crippen LogP contribution in [-0.4, -0.2) is 43.6 Å².